The Hall–Kier alpha value is -1.66. The van der Waals surface area contributed by atoms with Crippen molar-refractivity contribution in [2.24, 2.45) is 5.16 Å². The van der Waals surface area contributed by atoms with Crippen molar-refractivity contribution in [1.29, 1.82) is 0 Å². The van der Waals surface area contributed by atoms with E-state index in [0.717, 1.165) is 6.42 Å². The zero-order valence-corrected chi connectivity index (χ0v) is 16.2. The van der Waals surface area contributed by atoms with Crippen LogP contribution in [0.5, 0.6) is 0 Å². The van der Waals surface area contributed by atoms with Crippen LogP contribution in [-0.4, -0.2) is 32.9 Å². The Bertz CT molecular complexity index is 751. The third-order valence-electron chi connectivity index (χ3n) is 3.68. The van der Waals surface area contributed by atoms with E-state index >= 15 is 0 Å². The molecule has 128 valence electrons. The molecule has 0 bridgehead atoms. The molecule has 0 aliphatic carbocycles. The van der Waals surface area contributed by atoms with Crippen molar-refractivity contribution in [1.82, 2.24) is 15.3 Å². The van der Waals surface area contributed by atoms with Gasteiger partial charge in [-0.3, -0.25) is 0 Å². The Morgan fingerprint density at radius 1 is 1.38 bits per heavy atom. The van der Waals surface area contributed by atoms with Gasteiger partial charge in [0.15, 0.2) is 5.84 Å². The molecule has 2 rings (SSSR count). The van der Waals surface area contributed by atoms with E-state index in [1.807, 2.05) is 0 Å². The number of benzene rings is 1. The second kappa shape index (κ2) is 8.44. The van der Waals surface area contributed by atoms with Crippen molar-refractivity contribution < 1.29 is 5.21 Å². The van der Waals surface area contributed by atoms with Crippen molar-refractivity contribution >= 4 is 33.4 Å². The molecule has 0 fully saturated rings. The van der Waals surface area contributed by atoms with Gasteiger partial charge in [-0.25, -0.2) is 9.97 Å². The fourth-order valence-electron chi connectivity index (χ4n) is 2.44. The lowest BCUT2D eigenvalue weighted by Crippen LogP contribution is -2.39. The minimum absolute atomic E-state index is 0.0962. The van der Waals surface area contributed by atoms with Crippen LogP contribution < -0.4 is 5.32 Å². The van der Waals surface area contributed by atoms with Crippen molar-refractivity contribution in [3.63, 3.8) is 0 Å². The molecule has 1 heterocycles. The van der Waals surface area contributed by atoms with Crippen molar-refractivity contribution in [3.8, 4) is 0 Å². The maximum atomic E-state index is 9.40. The molecule has 5 nitrogen and oxygen atoms in total. The van der Waals surface area contributed by atoms with Crippen LogP contribution >= 0.6 is 27.5 Å². The summed E-state index contributed by atoms with van der Waals surface area (Å²) in [5.41, 5.74) is 4.15. The fraction of sp³-hybridized carbons (Fsp3) is 0.353. The maximum Gasteiger partial charge on any atom is 0.192 e. The molecule has 1 atom stereocenters. The number of oxime groups is 1. The zero-order valence-electron chi connectivity index (χ0n) is 13.8. The van der Waals surface area contributed by atoms with Gasteiger partial charge in [-0.15, -0.1) is 11.6 Å². The van der Waals surface area contributed by atoms with E-state index < -0.39 is 0 Å². The number of hydrogen-bond acceptors (Lipinski definition) is 4. The summed E-state index contributed by atoms with van der Waals surface area (Å²) in [6.07, 6.45) is 2.35. The first-order valence-corrected chi connectivity index (χ1v) is 8.87. The Labute approximate surface area is 155 Å². The Morgan fingerprint density at radius 3 is 2.75 bits per heavy atom. The van der Waals surface area contributed by atoms with E-state index in [4.69, 9.17) is 11.6 Å². The predicted molar refractivity (Wildman–Crippen MR) is 100 cm³/mol. The van der Waals surface area contributed by atoms with Crippen LogP contribution in [0.2, 0.25) is 0 Å². The summed E-state index contributed by atoms with van der Waals surface area (Å²) in [6.45, 7) is 5.93. The molecule has 0 saturated heterocycles. The predicted octanol–water partition coefficient (Wildman–Crippen LogP) is 3.74. The highest BCUT2D eigenvalue weighted by Crippen LogP contribution is 2.16. The van der Waals surface area contributed by atoms with E-state index in [0.29, 0.717) is 21.9 Å². The van der Waals surface area contributed by atoms with Crippen LogP contribution in [0, 0.1) is 20.8 Å². The van der Waals surface area contributed by atoms with Gasteiger partial charge in [-0.1, -0.05) is 28.9 Å². The van der Waals surface area contributed by atoms with Gasteiger partial charge in [0.05, 0.1) is 4.47 Å². The summed E-state index contributed by atoms with van der Waals surface area (Å²) in [6, 6.07) is 6.23. The number of nitrogens with zero attached hydrogens (tertiary/aromatic N) is 3. The summed E-state index contributed by atoms with van der Waals surface area (Å²) >= 11 is 9.50. The molecule has 2 N–H and O–H groups in total. The number of aryl methyl sites for hydroxylation is 3. The number of nitrogens with one attached hydrogen (secondary N) is 1. The van der Waals surface area contributed by atoms with E-state index in [2.05, 4.69) is 68.4 Å². The number of hydrogen-bond donors (Lipinski definition) is 2. The summed E-state index contributed by atoms with van der Waals surface area (Å²) < 4.78 is 0.647. The lowest BCUT2D eigenvalue weighted by atomic mass is 10.00. The van der Waals surface area contributed by atoms with Crippen LogP contribution in [0.25, 0.3) is 0 Å². The number of aromatic nitrogens is 2. The first-order valence-electron chi connectivity index (χ1n) is 7.54. The summed E-state index contributed by atoms with van der Waals surface area (Å²) in [7, 11) is 0. The standard InChI is InChI=1S/C17H20BrClN4O/c1-10-4-5-13(11(2)6-10)7-14(8-19)22-17(23-24)16-15(18)9-20-12(3)21-16/h4-6,9,14,24H,7-8H2,1-3H3,(H,22,23)/t14-/m1/s1. The molecule has 1 aromatic carbocycles. The van der Waals surface area contributed by atoms with Crippen molar-refractivity contribution in [2.45, 2.75) is 33.2 Å². The monoisotopic (exact) mass is 410 g/mol. The Morgan fingerprint density at radius 2 is 2.12 bits per heavy atom. The van der Waals surface area contributed by atoms with E-state index in [1.165, 1.54) is 16.7 Å². The highest BCUT2D eigenvalue weighted by molar-refractivity contribution is 9.10. The number of halogens is 2. The first-order chi connectivity index (χ1) is 11.4. The Balaban J connectivity index is 2.20. The van der Waals surface area contributed by atoms with Crippen LogP contribution in [-0.2, 0) is 6.42 Å². The Kier molecular flexibility index (Phi) is 6.57. The second-order valence-corrected chi connectivity index (χ2v) is 6.85. The smallest absolute Gasteiger partial charge is 0.192 e. The molecular weight excluding hydrogens is 392 g/mol. The zero-order chi connectivity index (χ0) is 17.7. The quantitative estimate of drug-likeness (QED) is 0.258. The molecule has 24 heavy (non-hydrogen) atoms. The minimum Gasteiger partial charge on any atom is -0.409 e. The van der Waals surface area contributed by atoms with E-state index in [1.54, 1.807) is 13.1 Å². The molecular formula is C17H20BrClN4O. The lowest BCUT2D eigenvalue weighted by molar-refractivity contribution is 0.315. The third kappa shape index (κ3) is 4.68. The lowest BCUT2D eigenvalue weighted by Gasteiger charge is -2.19. The molecule has 1 aromatic heterocycles. The first kappa shape index (κ1) is 18.7. The van der Waals surface area contributed by atoms with Gasteiger partial charge >= 0.3 is 0 Å². The molecule has 7 heteroatoms. The molecule has 0 aliphatic heterocycles. The summed E-state index contributed by atoms with van der Waals surface area (Å²) in [4.78, 5) is 8.41. The van der Waals surface area contributed by atoms with Crippen molar-refractivity contribution in [3.05, 3.63) is 57.1 Å². The van der Waals surface area contributed by atoms with Crippen LogP contribution in [0.3, 0.4) is 0 Å². The molecule has 0 aliphatic rings. The molecule has 0 saturated carbocycles. The van der Waals surface area contributed by atoms with Gasteiger partial charge in [0, 0.05) is 18.1 Å². The van der Waals surface area contributed by atoms with Crippen molar-refractivity contribution in [2.75, 3.05) is 5.88 Å². The van der Waals surface area contributed by atoms with Gasteiger partial charge in [-0.2, -0.15) is 0 Å². The van der Waals surface area contributed by atoms with Crippen LogP contribution in [0.15, 0.2) is 34.0 Å². The largest absolute Gasteiger partial charge is 0.409 e. The van der Waals surface area contributed by atoms with Gasteiger partial charge in [0.25, 0.3) is 0 Å². The normalized spacial score (nSPS) is 13.0. The topological polar surface area (TPSA) is 70.4 Å². The molecule has 0 radical (unpaired) electrons. The highest BCUT2D eigenvalue weighted by atomic mass is 79.9. The molecule has 2 aromatic rings. The fourth-order valence-corrected chi connectivity index (χ4v) is 3.01. The third-order valence-corrected chi connectivity index (χ3v) is 4.63. The highest BCUT2D eigenvalue weighted by Gasteiger charge is 2.17. The van der Waals surface area contributed by atoms with E-state index in [9.17, 15) is 5.21 Å². The molecule has 0 amide bonds. The number of amidine groups is 1. The molecule has 0 spiro atoms. The van der Waals surface area contributed by atoms with E-state index in [-0.39, 0.29) is 11.9 Å². The summed E-state index contributed by atoms with van der Waals surface area (Å²) in [5, 5.41) is 15.9. The van der Waals surface area contributed by atoms with Gasteiger partial charge in [0.1, 0.15) is 11.5 Å². The van der Waals surface area contributed by atoms with Gasteiger partial charge < -0.3 is 10.5 Å². The van der Waals surface area contributed by atoms with Gasteiger partial charge in [0.2, 0.25) is 0 Å². The average molecular weight is 412 g/mol. The SMILES string of the molecule is Cc1ccc(C[C@H](CCl)NC(=NO)c2nc(C)ncc2Br)c(C)c1. The minimum atomic E-state index is -0.0962. The van der Waals surface area contributed by atoms with Gasteiger partial charge in [-0.05, 0) is 54.2 Å². The molecule has 0 unspecified atom stereocenters. The number of alkyl halides is 1. The van der Waals surface area contributed by atoms with Crippen LogP contribution in [0.1, 0.15) is 28.2 Å². The van der Waals surface area contributed by atoms with Crippen LogP contribution in [0.4, 0.5) is 0 Å². The summed E-state index contributed by atoms with van der Waals surface area (Å²) in [5.74, 6) is 1.23. The second-order valence-electron chi connectivity index (χ2n) is 5.69. The average Bonchev–Trinajstić information content (AvgIpc) is 2.56. The number of rotatable bonds is 5. The maximum absolute atomic E-state index is 9.40.